The molecule has 9 heteroatoms. The van der Waals surface area contributed by atoms with Crippen LogP contribution < -0.4 is 10.9 Å². The van der Waals surface area contributed by atoms with Crippen molar-refractivity contribution in [3.8, 4) is 5.88 Å². The lowest BCUT2D eigenvalue weighted by Gasteiger charge is -2.14. The normalized spacial score (nSPS) is 11.7. The quantitative estimate of drug-likeness (QED) is 0.461. The number of aromatic carboxylic acids is 1. The summed E-state index contributed by atoms with van der Waals surface area (Å²) < 4.78 is 0. The minimum absolute atomic E-state index is 0.121. The maximum Gasteiger partial charge on any atom is 0.335 e. The van der Waals surface area contributed by atoms with Gasteiger partial charge in [-0.1, -0.05) is 18.7 Å². The van der Waals surface area contributed by atoms with E-state index < -0.39 is 22.7 Å². The van der Waals surface area contributed by atoms with Crippen molar-refractivity contribution < 1.29 is 19.8 Å². The lowest BCUT2D eigenvalue weighted by Crippen LogP contribution is -2.25. The highest BCUT2D eigenvalue weighted by atomic mass is 32.2. The summed E-state index contributed by atoms with van der Waals surface area (Å²) in [4.78, 5) is 40.6. The standard InChI is InChI=1S/C15H15N3O5S/c1-2-10(24-15-17-11(19)7-12(20)18-15)13(21)16-9-5-3-8(4-6-9)14(22)23/h3-7,10H,2H2,1H3,(H,16,21)(H,22,23)(H2,17,18,19,20). The first-order chi connectivity index (χ1) is 11.4. The fraction of sp³-hybridized carbons (Fsp3) is 0.200. The maximum atomic E-state index is 12.3. The van der Waals surface area contributed by atoms with Gasteiger partial charge in [0.15, 0.2) is 5.16 Å². The number of H-pyrrole nitrogens is 1. The van der Waals surface area contributed by atoms with Crippen LogP contribution in [0.4, 0.5) is 5.69 Å². The van der Waals surface area contributed by atoms with Crippen LogP contribution in [0.15, 0.2) is 40.3 Å². The number of benzene rings is 1. The molecule has 126 valence electrons. The number of hydrogen-bond acceptors (Lipinski definition) is 6. The Morgan fingerprint density at radius 3 is 2.54 bits per heavy atom. The number of rotatable bonds is 6. The van der Waals surface area contributed by atoms with Crippen molar-refractivity contribution >= 4 is 29.3 Å². The molecule has 1 aromatic carbocycles. The van der Waals surface area contributed by atoms with Gasteiger partial charge in [0, 0.05) is 5.69 Å². The molecule has 2 rings (SSSR count). The Hall–Kier alpha value is -2.81. The third-order valence-corrected chi connectivity index (χ3v) is 4.27. The number of carboxylic acids is 1. The molecule has 0 fully saturated rings. The molecule has 1 aromatic heterocycles. The first-order valence-electron chi connectivity index (χ1n) is 7.00. The van der Waals surface area contributed by atoms with Gasteiger partial charge in [0.1, 0.15) is 0 Å². The highest BCUT2D eigenvalue weighted by Gasteiger charge is 2.20. The smallest absolute Gasteiger partial charge is 0.335 e. The molecule has 8 nitrogen and oxygen atoms in total. The monoisotopic (exact) mass is 349 g/mol. The van der Waals surface area contributed by atoms with Crippen molar-refractivity contribution in [2.45, 2.75) is 23.8 Å². The van der Waals surface area contributed by atoms with E-state index in [-0.39, 0.29) is 16.6 Å². The minimum atomic E-state index is -1.05. The molecule has 0 saturated carbocycles. The Bertz CT molecular complexity index is 804. The molecule has 2 aromatic rings. The maximum absolute atomic E-state index is 12.3. The van der Waals surface area contributed by atoms with Gasteiger partial charge in [0.05, 0.1) is 16.9 Å². The Balaban J connectivity index is 2.08. The molecule has 0 aliphatic carbocycles. The zero-order valence-corrected chi connectivity index (χ0v) is 13.5. The second kappa shape index (κ2) is 7.64. The van der Waals surface area contributed by atoms with E-state index in [1.165, 1.54) is 24.3 Å². The average Bonchev–Trinajstić information content (AvgIpc) is 2.52. The number of anilines is 1. The summed E-state index contributed by atoms with van der Waals surface area (Å²) in [6, 6.07) is 6.70. The number of aromatic hydroxyl groups is 1. The molecule has 1 unspecified atom stereocenters. The number of carboxylic acid groups (broad SMARTS) is 1. The van der Waals surface area contributed by atoms with Gasteiger partial charge in [-0.3, -0.25) is 9.59 Å². The largest absolute Gasteiger partial charge is 0.493 e. The van der Waals surface area contributed by atoms with Gasteiger partial charge in [0.25, 0.3) is 5.56 Å². The SMILES string of the molecule is CCC(Sc1nc(O)cc(=O)[nH]1)C(=O)Nc1ccc(C(=O)O)cc1. The Morgan fingerprint density at radius 2 is 2.00 bits per heavy atom. The first kappa shape index (κ1) is 17.5. The van der Waals surface area contributed by atoms with Crippen LogP contribution in [0.3, 0.4) is 0 Å². The van der Waals surface area contributed by atoms with Crippen molar-refractivity contribution in [3.05, 3.63) is 46.2 Å². The summed E-state index contributed by atoms with van der Waals surface area (Å²) >= 11 is 1.02. The summed E-state index contributed by atoms with van der Waals surface area (Å²) in [7, 11) is 0. The number of hydrogen-bond donors (Lipinski definition) is 4. The van der Waals surface area contributed by atoms with Gasteiger partial charge >= 0.3 is 5.97 Å². The molecule has 4 N–H and O–H groups in total. The fourth-order valence-corrected chi connectivity index (χ4v) is 2.76. The van der Waals surface area contributed by atoms with Crippen LogP contribution >= 0.6 is 11.8 Å². The Kier molecular flexibility index (Phi) is 5.59. The summed E-state index contributed by atoms with van der Waals surface area (Å²) in [5.41, 5.74) is 0.0712. The number of aromatic nitrogens is 2. The topological polar surface area (TPSA) is 132 Å². The van der Waals surface area contributed by atoms with Crippen molar-refractivity contribution in [2.24, 2.45) is 0 Å². The number of carbonyl (C=O) groups is 2. The molecular weight excluding hydrogens is 334 g/mol. The van der Waals surface area contributed by atoms with E-state index in [9.17, 15) is 19.5 Å². The summed E-state index contributed by atoms with van der Waals surface area (Å²) in [5.74, 6) is -1.79. The van der Waals surface area contributed by atoms with Gasteiger partial charge in [-0.15, -0.1) is 0 Å². The van der Waals surface area contributed by atoms with Crippen LogP contribution in [-0.4, -0.2) is 37.3 Å². The third kappa shape index (κ3) is 4.59. The van der Waals surface area contributed by atoms with Gasteiger partial charge in [-0.05, 0) is 30.7 Å². The number of aromatic amines is 1. The first-order valence-corrected chi connectivity index (χ1v) is 7.88. The average molecular weight is 349 g/mol. The predicted octanol–water partition coefficient (Wildman–Crippen LogP) is 1.68. The van der Waals surface area contributed by atoms with Crippen LogP contribution in [0.1, 0.15) is 23.7 Å². The zero-order chi connectivity index (χ0) is 17.7. The van der Waals surface area contributed by atoms with Crippen molar-refractivity contribution in [2.75, 3.05) is 5.32 Å². The molecule has 0 spiro atoms. The molecule has 0 radical (unpaired) electrons. The molecule has 0 saturated heterocycles. The lowest BCUT2D eigenvalue weighted by atomic mass is 10.2. The third-order valence-electron chi connectivity index (χ3n) is 3.02. The number of nitrogens with one attached hydrogen (secondary N) is 2. The molecule has 24 heavy (non-hydrogen) atoms. The molecule has 1 amide bonds. The van der Waals surface area contributed by atoms with Gasteiger partial charge in [0.2, 0.25) is 11.8 Å². The molecular formula is C15H15N3O5S. The van der Waals surface area contributed by atoms with E-state index >= 15 is 0 Å². The zero-order valence-electron chi connectivity index (χ0n) is 12.6. The Labute approximate surface area is 140 Å². The van der Waals surface area contributed by atoms with Crippen molar-refractivity contribution in [1.82, 2.24) is 9.97 Å². The highest BCUT2D eigenvalue weighted by molar-refractivity contribution is 8.00. The van der Waals surface area contributed by atoms with Crippen LogP contribution in [0.2, 0.25) is 0 Å². The van der Waals surface area contributed by atoms with Crippen LogP contribution in [0.5, 0.6) is 5.88 Å². The Morgan fingerprint density at radius 1 is 1.33 bits per heavy atom. The highest BCUT2D eigenvalue weighted by Crippen LogP contribution is 2.23. The van der Waals surface area contributed by atoms with Crippen molar-refractivity contribution in [3.63, 3.8) is 0 Å². The van der Waals surface area contributed by atoms with Gasteiger partial charge in [-0.2, -0.15) is 4.98 Å². The van der Waals surface area contributed by atoms with E-state index in [0.717, 1.165) is 17.8 Å². The molecule has 0 bridgehead atoms. The van der Waals surface area contributed by atoms with E-state index in [4.69, 9.17) is 5.11 Å². The van der Waals surface area contributed by atoms with Crippen molar-refractivity contribution in [1.29, 1.82) is 0 Å². The molecule has 0 aliphatic heterocycles. The summed E-state index contributed by atoms with van der Waals surface area (Å²) in [6.07, 6.45) is 0.461. The van der Waals surface area contributed by atoms with E-state index in [1.807, 2.05) is 0 Å². The minimum Gasteiger partial charge on any atom is -0.493 e. The summed E-state index contributed by atoms with van der Waals surface area (Å²) in [6.45, 7) is 1.80. The van der Waals surface area contributed by atoms with Crippen LogP contribution in [0.25, 0.3) is 0 Å². The van der Waals surface area contributed by atoms with E-state index in [2.05, 4.69) is 15.3 Å². The molecule has 1 atom stereocenters. The molecule has 1 heterocycles. The van der Waals surface area contributed by atoms with Gasteiger partial charge in [-0.25, -0.2) is 4.79 Å². The number of amides is 1. The number of thioether (sulfide) groups is 1. The van der Waals surface area contributed by atoms with E-state index in [0.29, 0.717) is 12.1 Å². The molecule has 0 aliphatic rings. The van der Waals surface area contributed by atoms with Crippen LogP contribution in [-0.2, 0) is 4.79 Å². The number of nitrogens with zero attached hydrogens (tertiary/aromatic N) is 1. The second-order valence-corrected chi connectivity index (χ2v) is 5.99. The summed E-state index contributed by atoms with van der Waals surface area (Å²) in [5, 5.41) is 20.4. The fourth-order valence-electron chi connectivity index (χ4n) is 1.85. The number of carbonyl (C=O) groups excluding carboxylic acids is 1. The van der Waals surface area contributed by atoms with E-state index in [1.54, 1.807) is 6.92 Å². The van der Waals surface area contributed by atoms with Crippen LogP contribution in [0, 0.1) is 0 Å². The second-order valence-electron chi connectivity index (χ2n) is 4.80. The lowest BCUT2D eigenvalue weighted by molar-refractivity contribution is -0.115. The predicted molar refractivity (Wildman–Crippen MR) is 88.5 cm³/mol. The van der Waals surface area contributed by atoms with Gasteiger partial charge < -0.3 is 20.5 Å².